The number of aromatic nitrogens is 1. The Bertz CT molecular complexity index is 889. The first-order valence-corrected chi connectivity index (χ1v) is 11.4. The van der Waals surface area contributed by atoms with Crippen molar-refractivity contribution in [2.24, 2.45) is 23.7 Å². The van der Waals surface area contributed by atoms with Crippen LogP contribution in [0.1, 0.15) is 54.4 Å². The SMILES string of the molecule is CC(C)CC(C)COc1ccc2cc3ccc(OCC(C)CC(C)C)cc3nc2c1. The molecule has 0 aliphatic heterocycles. The van der Waals surface area contributed by atoms with Gasteiger partial charge in [-0.15, -0.1) is 0 Å². The van der Waals surface area contributed by atoms with Crippen LogP contribution in [0.25, 0.3) is 21.8 Å². The standard InChI is InChI=1S/C27H37NO2/c1-18(2)11-20(5)16-29-24-9-7-22-13-23-8-10-25(15-27(23)28-26(22)14-24)30-17-21(6)12-19(3)4/h7-10,13-15,18-21H,11-12,16-17H2,1-6H3. The third kappa shape index (κ3) is 6.35. The quantitative estimate of drug-likeness (QED) is 0.326. The van der Waals surface area contributed by atoms with Crippen molar-refractivity contribution in [2.45, 2.75) is 54.4 Å². The molecule has 0 spiro atoms. The fourth-order valence-electron chi connectivity index (χ4n) is 4.18. The average Bonchev–Trinajstić information content (AvgIpc) is 2.68. The molecule has 162 valence electrons. The number of rotatable bonds is 10. The second-order valence-electron chi connectivity index (χ2n) is 9.79. The van der Waals surface area contributed by atoms with Crippen LogP contribution in [0.4, 0.5) is 0 Å². The molecule has 1 aromatic heterocycles. The summed E-state index contributed by atoms with van der Waals surface area (Å²) in [7, 11) is 0. The van der Waals surface area contributed by atoms with Gasteiger partial charge >= 0.3 is 0 Å². The van der Waals surface area contributed by atoms with Crippen LogP contribution in [0, 0.1) is 23.7 Å². The molecule has 0 aliphatic rings. The first kappa shape index (κ1) is 22.4. The predicted molar refractivity (Wildman–Crippen MR) is 127 cm³/mol. The third-order valence-electron chi connectivity index (χ3n) is 5.37. The lowest BCUT2D eigenvalue weighted by molar-refractivity contribution is 0.239. The minimum Gasteiger partial charge on any atom is -0.493 e. The van der Waals surface area contributed by atoms with Crippen molar-refractivity contribution >= 4 is 21.8 Å². The second-order valence-corrected chi connectivity index (χ2v) is 9.79. The molecule has 2 unspecified atom stereocenters. The third-order valence-corrected chi connectivity index (χ3v) is 5.37. The number of nitrogens with zero attached hydrogens (tertiary/aromatic N) is 1. The van der Waals surface area contributed by atoms with Crippen LogP contribution in [-0.2, 0) is 0 Å². The fraction of sp³-hybridized carbons (Fsp3) is 0.519. The van der Waals surface area contributed by atoms with Crippen LogP contribution in [0.2, 0.25) is 0 Å². The summed E-state index contributed by atoms with van der Waals surface area (Å²) in [5.41, 5.74) is 1.92. The highest BCUT2D eigenvalue weighted by atomic mass is 16.5. The van der Waals surface area contributed by atoms with Gasteiger partial charge in [0, 0.05) is 22.9 Å². The van der Waals surface area contributed by atoms with Crippen LogP contribution in [-0.4, -0.2) is 18.2 Å². The van der Waals surface area contributed by atoms with E-state index in [1.165, 1.54) is 12.8 Å². The van der Waals surface area contributed by atoms with Gasteiger partial charge in [0.15, 0.2) is 0 Å². The molecule has 0 fully saturated rings. The van der Waals surface area contributed by atoms with Gasteiger partial charge in [0.25, 0.3) is 0 Å². The van der Waals surface area contributed by atoms with E-state index in [0.717, 1.165) is 46.5 Å². The number of hydrogen-bond donors (Lipinski definition) is 0. The van der Waals surface area contributed by atoms with Gasteiger partial charge in [-0.3, -0.25) is 0 Å². The summed E-state index contributed by atoms with van der Waals surface area (Å²) in [4.78, 5) is 4.89. The molecule has 0 N–H and O–H groups in total. The lowest BCUT2D eigenvalue weighted by Gasteiger charge is -2.16. The zero-order valence-electron chi connectivity index (χ0n) is 19.4. The van der Waals surface area contributed by atoms with E-state index >= 15 is 0 Å². The van der Waals surface area contributed by atoms with E-state index in [1.807, 2.05) is 12.1 Å². The highest BCUT2D eigenvalue weighted by molar-refractivity contribution is 5.93. The zero-order valence-corrected chi connectivity index (χ0v) is 19.4. The van der Waals surface area contributed by atoms with Crippen molar-refractivity contribution in [1.82, 2.24) is 4.98 Å². The van der Waals surface area contributed by atoms with Crippen molar-refractivity contribution in [3.8, 4) is 11.5 Å². The molecule has 0 saturated heterocycles. The molecule has 30 heavy (non-hydrogen) atoms. The van der Waals surface area contributed by atoms with Crippen molar-refractivity contribution in [3.05, 3.63) is 42.5 Å². The topological polar surface area (TPSA) is 31.4 Å². The molecular formula is C27H37NO2. The van der Waals surface area contributed by atoms with Gasteiger partial charge in [-0.2, -0.15) is 0 Å². The van der Waals surface area contributed by atoms with Crippen molar-refractivity contribution in [2.75, 3.05) is 13.2 Å². The molecule has 1 heterocycles. The summed E-state index contributed by atoms with van der Waals surface area (Å²) in [6.45, 7) is 15.0. The Kier molecular flexibility index (Phi) is 7.58. The van der Waals surface area contributed by atoms with E-state index in [2.05, 4.69) is 71.9 Å². The number of hydrogen-bond acceptors (Lipinski definition) is 3. The molecule has 2 atom stereocenters. The molecule has 3 heteroatoms. The molecule has 0 saturated carbocycles. The molecular weight excluding hydrogens is 370 g/mol. The maximum absolute atomic E-state index is 6.04. The summed E-state index contributed by atoms with van der Waals surface area (Å²) in [6.07, 6.45) is 2.35. The van der Waals surface area contributed by atoms with E-state index in [4.69, 9.17) is 14.5 Å². The van der Waals surface area contributed by atoms with E-state index in [0.29, 0.717) is 23.7 Å². The maximum atomic E-state index is 6.04. The Hall–Kier alpha value is -2.29. The highest BCUT2D eigenvalue weighted by Crippen LogP contribution is 2.27. The first-order chi connectivity index (χ1) is 14.3. The number of benzene rings is 2. The summed E-state index contributed by atoms with van der Waals surface area (Å²) >= 11 is 0. The lowest BCUT2D eigenvalue weighted by Crippen LogP contribution is -2.11. The van der Waals surface area contributed by atoms with Gasteiger partial charge in [0.05, 0.1) is 24.2 Å². The molecule has 3 rings (SSSR count). The number of ether oxygens (including phenoxy) is 2. The number of fused-ring (bicyclic) bond motifs is 2. The summed E-state index contributed by atoms with van der Waals surface area (Å²) in [5.74, 6) is 4.25. The minimum atomic E-state index is 0.544. The minimum absolute atomic E-state index is 0.544. The van der Waals surface area contributed by atoms with Crippen LogP contribution < -0.4 is 9.47 Å². The van der Waals surface area contributed by atoms with Crippen molar-refractivity contribution in [3.63, 3.8) is 0 Å². The lowest BCUT2D eigenvalue weighted by atomic mass is 10.00. The van der Waals surface area contributed by atoms with Gasteiger partial charge in [-0.05, 0) is 66.8 Å². The van der Waals surface area contributed by atoms with Gasteiger partial charge in [0.2, 0.25) is 0 Å². The van der Waals surface area contributed by atoms with Crippen molar-refractivity contribution < 1.29 is 9.47 Å². The molecule has 0 bridgehead atoms. The van der Waals surface area contributed by atoms with E-state index < -0.39 is 0 Å². The largest absolute Gasteiger partial charge is 0.493 e. The smallest absolute Gasteiger partial charge is 0.121 e. The maximum Gasteiger partial charge on any atom is 0.121 e. The average molecular weight is 408 g/mol. The Morgan fingerprint density at radius 1 is 0.633 bits per heavy atom. The molecule has 0 radical (unpaired) electrons. The van der Waals surface area contributed by atoms with Gasteiger partial charge in [0.1, 0.15) is 11.5 Å². The second kappa shape index (κ2) is 10.1. The highest BCUT2D eigenvalue weighted by Gasteiger charge is 2.09. The molecule has 2 aromatic carbocycles. The van der Waals surface area contributed by atoms with E-state index in [-0.39, 0.29) is 0 Å². The Morgan fingerprint density at radius 3 is 1.47 bits per heavy atom. The Balaban J connectivity index is 1.73. The molecule has 0 aliphatic carbocycles. The zero-order chi connectivity index (χ0) is 21.7. The van der Waals surface area contributed by atoms with Crippen molar-refractivity contribution in [1.29, 1.82) is 0 Å². The molecule has 3 aromatic rings. The van der Waals surface area contributed by atoms with Gasteiger partial charge < -0.3 is 9.47 Å². The van der Waals surface area contributed by atoms with Gasteiger partial charge in [-0.1, -0.05) is 41.5 Å². The predicted octanol–water partition coefficient (Wildman–Crippen LogP) is 7.51. The molecule has 3 nitrogen and oxygen atoms in total. The molecule has 0 amide bonds. The first-order valence-electron chi connectivity index (χ1n) is 11.4. The summed E-state index contributed by atoms with van der Waals surface area (Å²) < 4.78 is 12.1. The van der Waals surface area contributed by atoms with Crippen LogP contribution in [0.5, 0.6) is 11.5 Å². The Labute approximate surface area is 181 Å². The van der Waals surface area contributed by atoms with Crippen LogP contribution >= 0.6 is 0 Å². The van der Waals surface area contributed by atoms with E-state index in [1.54, 1.807) is 0 Å². The monoisotopic (exact) mass is 407 g/mol. The van der Waals surface area contributed by atoms with Gasteiger partial charge in [-0.25, -0.2) is 4.98 Å². The Morgan fingerprint density at radius 2 is 1.07 bits per heavy atom. The van der Waals surface area contributed by atoms with Crippen LogP contribution in [0.3, 0.4) is 0 Å². The fourth-order valence-corrected chi connectivity index (χ4v) is 4.18. The summed E-state index contributed by atoms with van der Waals surface area (Å²) in [6, 6.07) is 14.6. The normalized spacial score (nSPS) is 13.9. The van der Waals surface area contributed by atoms with E-state index in [9.17, 15) is 0 Å². The number of pyridine rings is 1. The van der Waals surface area contributed by atoms with Crippen LogP contribution in [0.15, 0.2) is 42.5 Å². The summed E-state index contributed by atoms with van der Waals surface area (Å²) in [5, 5.41) is 2.26.